The van der Waals surface area contributed by atoms with Crippen molar-refractivity contribution in [2.45, 2.75) is 47.9 Å². The molecule has 0 amide bonds. The number of rotatable bonds is 4. The van der Waals surface area contributed by atoms with Crippen molar-refractivity contribution < 1.29 is 13.3 Å². The summed E-state index contributed by atoms with van der Waals surface area (Å²) in [6.07, 6.45) is 4.06. The third-order valence-corrected chi connectivity index (χ3v) is 9.26. The summed E-state index contributed by atoms with van der Waals surface area (Å²) in [7, 11) is -4.15. The SMILES string of the molecule is O=[N+]([O-])c1ccccc1S(=O)(=O)N1CCC2(Cl)CCCCC2C1c1ccccc1Cl. The summed E-state index contributed by atoms with van der Waals surface area (Å²) in [6.45, 7) is 0.185. The van der Waals surface area contributed by atoms with E-state index in [0.717, 1.165) is 25.7 Å². The zero-order valence-corrected chi connectivity index (χ0v) is 18.5. The highest BCUT2D eigenvalue weighted by Crippen LogP contribution is 2.55. The molecule has 4 rings (SSSR count). The van der Waals surface area contributed by atoms with Crippen molar-refractivity contribution in [2.24, 2.45) is 5.92 Å². The zero-order chi connectivity index (χ0) is 21.5. The van der Waals surface area contributed by atoms with Crippen molar-refractivity contribution >= 4 is 38.9 Å². The summed E-state index contributed by atoms with van der Waals surface area (Å²) in [5, 5.41) is 12.0. The molecule has 1 aliphatic heterocycles. The molecule has 3 atom stereocenters. The summed E-state index contributed by atoms with van der Waals surface area (Å²) in [4.78, 5) is 10.1. The molecule has 160 valence electrons. The van der Waals surface area contributed by atoms with Crippen LogP contribution in [-0.2, 0) is 10.0 Å². The quantitative estimate of drug-likeness (QED) is 0.334. The first-order chi connectivity index (χ1) is 14.3. The van der Waals surface area contributed by atoms with Crippen LogP contribution in [0.25, 0.3) is 0 Å². The minimum atomic E-state index is -4.15. The molecule has 0 aromatic heterocycles. The molecule has 6 nitrogen and oxygen atoms in total. The maximum Gasteiger partial charge on any atom is 0.289 e. The molecular weight excluding hydrogens is 447 g/mol. The van der Waals surface area contributed by atoms with Gasteiger partial charge < -0.3 is 0 Å². The molecule has 30 heavy (non-hydrogen) atoms. The van der Waals surface area contributed by atoms with Crippen molar-refractivity contribution in [3.63, 3.8) is 0 Å². The Hall–Kier alpha value is -1.67. The third kappa shape index (κ3) is 3.62. The molecule has 0 spiro atoms. The molecule has 3 unspecified atom stereocenters. The van der Waals surface area contributed by atoms with Crippen LogP contribution in [0.15, 0.2) is 53.4 Å². The molecule has 0 bridgehead atoms. The highest BCUT2D eigenvalue weighted by molar-refractivity contribution is 7.89. The average molecular weight is 469 g/mol. The van der Waals surface area contributed by atoms with Gasteiger partial charge in [0.2, 0.25) is 10.0 Å². The van der Waals surface area contributed by atoms with E-state index in [4.69, 9.17) is 23.2 Å². The average Bonchev–Trinajstić information content (AvgIpc) is 2.73. The van der Waals surface area contributed by atoms with Gasteiger partial charge in [0.05, 0.1) is 15.8 Å². The predicted molar refractivity (Wildman–Crippen MR) is 116 cm³/mol. The van der Waals surface area contributed by atoms with Gasteiger partial charge in [-0.05, 0) is 42.9 Å². The van der Waals surface area contributed by atoms with Gasteiger partial charge in [0.15, 0.2) is 4.90 Å². The summed E-state index contributed by atoms with van der Waals surface area (Å²) in [5.74, 6) is -0.126. The van der Waals surface area contributed by atoms with E-state index in [1.807, 2.05) is 12.1 Å². The van der Waals surface area contributed by atoms with Gasteiger partial charge in [0, 0.05) is 17.6 Å². The molecule has 2 aromatic rings. The summed E-state index contributed by atoms with van der Waals surface area (Å²) < 4.78 is 28.8. The first kappa shape index (κ1) is 21.6. The summed E-state index contributed by atoms with van der Waals surface area (Å²) >= 11 is 13.5. The van der Waals surface area contributed by atoms with E-state index in [1.165, 1.54) is 28.6 Å². The van der Waals surface area contributed by atoms with Crippen LogP contribution in [0.1, 0.15) is 43.7 Å². The molecule has 9 heteroatoms. The second-order valence-electron chi connectivity index (χ2n) is 7.94. The normalized spacial score (nSPS) is 27.4. The minimum Gasteiger partial charge on any atom is -0.258 e. The number of benzene rings is 2. The van der Waals surface area contributed by atoms with Crippen LogP contribution >= 0.6 is 23.2 Å². The van der Waals surface area contributed by atoms with E-state index in [0.29, 0.717) is 17.0 Å². The van der Waals surface area contributed by atoms with Crippen LogP contribution in [0.4, 0.5) is 5.69 Å². The second-order valence-corrected chi connectivity index (χ2v) is 11.0. The van der Waals surface area contributed by atoms with Gasteiger partial charge in [-0.3, -0.25) is 10.1 Å². The lowest BCUT2D eigenvalue weighted by molar-refractivity contribution is -0.387. The Balaban J connectivity index is 1.88. The van der Waals surface area contributed by atoms with Gasteiger partial charge in [-0.2, -0.15) is 4.31 Å². The number of nitro benzene ring substituents is 1. The molecule has 2 fully saturated rings. The third-order valence-electron chi connectivity index (χ3n) is 6.33. The van der Waals surface area contributed by atoms with Crippen LogP contribution in [0.5, 0.6) is 0 Å². The van der Waals surface area contributed by atoms with Crippen molar-refractivity contribution in [1.82, 2.24) is 4.31 Å². The lowest BCUT2D eigenvalue weighted by atomic mass is 9.69. The summed E-state index contributed by atoms with van der Waals surface area (Å²) in [6, 6.07) is 12.1. The monoisotopic (exact) mass is 468 g/mol. The Bertz CT molecular complexity index is 1080. The molecule has 1 aliphatic carbocycles. The molecule has 2 aromatic carbocycles. The fraction of sp³-hybridized carbons (Fsp3) is 0.429. The smallest absolute Gasteiger partial charge is 0.258 e. The van der Waals surface area contributed by atoms with E-state index in [9.17, 15) is 18.5 Å². The summed E-state index contributed by atoms with van der Waals surface area (Å²) in [5.41, 5.74) is 0.264. The Morgan fingerprint density at radius 1 is 1.07 bits per heavy atom. The molecule has 0 radical (unpaired) electrons. The number of para-hydroxylation sites is 1. The first-order valence-corrected chi connectivity index (χ1v) is 12.1. The molecule has 1 heterocycles. The fourth-order valence-corrected chi connectivity index (χ4v) is 7.42. The van der Waals surface area contributed by atoms with Gasteiger partial charge in [-0.25, -0.2) is 8.42 Å². The number of halogens is 2. The maximum atomic E-state index is 13.7. The highest BCUT2D eigenvalue weighted by Gasteiger charge is 2.53. The molecule has 0 N–H and O–H groups in total. The Morgan fingerprint density at radius 3 is 2.50 bits per heavy atom. The Morgan fingerprint density at radius 2 is 1.77 bits per heavy atom. The van der Waals surface area contributed by atoms with Crippen LogP contribution < -0.4 is 0 Å². The number of sulfonamides is 1. The maximum absolute atomic E-state index is 13.7. The number of alkyl halides is 1. The Labute approximate surface area is 186 Å². The molecule has 2 aliphatic rings. The van der Waals surface area contributed by atoms with E-state index in [-0.39, 0.29) is 17.4 Å². The standard InChI is InChI=1S/C21H22Cl2N2O4S/c22-17-9-2-1-7-15(17)20-16-8-5-6-12-21(16,23)13-14-24(20)30(28,29)19-11-4-3-10-18(19)25(26)27/h1-4,7,9-11,16,20H,5-6,8,12-14H2. The predicted octanol–water partition coefficient (Wildman–Crippen LogP) is 5.55. The number of nitrogens with zero attached hydrogens (tertiary/aromatic N) is 2. The van der Waals surface area contributed by atoms with E-state index >= 15 is 0 Å². The lowest BCUT2D eigenvalue weighted by Crippen LogP contribution is -2.53. The van der Waals surface area contributed by atoms with Crippen LogP contribution in [0.3, 0.4) is 0 Å². The first-order valence-electron chi connectivity index (χ1n) is 9.94. The molecular formula is C21H22Cl2N2O4S. The Kier molecular flexibility index (Phi) is 5.83. The zero-order valence-electron chi connectivity index (χ0n) is 16.2. The van der Waals surface area contributed by atoms with Gasteiger partial charge >= 0.3 is 0 Å². The van der Waals surface area contributed by atoms with E-state index < -0.39 is 31.6 Å². The fourth-order valence-electron chi connectivity index (χ4n) is 4.92. The van der Waals surface area contributed by atoms with Gasteiger partial charge in [0.25, 0.3) is 5.69 Å². The van der Waals surface area contributed by atoms with Gasteiger partial charge in [-0.15, -0.1) is 11.6 Å². The van der Waals surface area contributed by atoms with E-state index in [2.05, 4.69) is 0 Å². The lowest BCUT2D eigenvalue weighted by Gasteiger charge is -2.51. The van der Waals surface area contributed by atoms with Crippen molar-refractivity contribution in [3.8, 4) is 0 Å². The number of hydrogen-bond acceptors (Lipinski definition) is 4. The highest BCUT2D eigenvalue weighted by atomic mass is 35.5. The number of piperidine rings is 1. The number of nitro groups is 1. The molecule has 1 saturated heterocycles. The van der Waals surface area contributed by atoms with Crippen molar-refractivity contribution in [2.75, 3.05) is 6.54 Å². The van der Waals surface area contributed by atoms with Gasteiger partial charge in [0.1, 0.15) is 0 Å². The minimum absolute atomic E-state index is 0.126. The van der Waals surface area contributed by atoms with Crippen LogP contribution in [0, 0.1) is 16.0 Å². The van der Waals surface area contributed by atoms with Crippen molar-refractivity contribution in [3.05, 3.63) is 69.2 Å². The molecule has 1 saturated carbocycles. The number of fused-ring (bicyclic) bond motifs is 1. The van der Waals surface area contributed by atoms with Gasteiger partial charge in [-0.1, -0.05) is 54.8 Å². The van der Waals surface area contributed by atoms with E-state index in [1.54, 1.807) is 12.1 Å². The second kappa shape index (κ2) is 8.11. The number of hydrogen-bond donors (Lipinski definition) is 0. The largest absolute Gasteiger partial charge is 0.289 e. The van der Waals surface area contributed by atoms with Crippen molar-refractivity contribution in [1.29, 1.82) is 0 Å². The topological polar surface area (TPSA) is 80.5 Å². The van der Waals surface area contributed by atoms with Crippen LogP contribution in [-0.4, -0.2) is 29.1 Å². The van der Waals surface area contributed by atoms with Crippen LogP contribution in [0.2, 0.25) is 5.02 Å².